The van der Waals surface area contributed by atoms with Gasteiger partial charge in [-0.3, -0.25) is 4.79 Å². The van der Waals surface area contributed by atoms with Gasteiger partial charge in [-0.25, -0.2) is 4.98 Å². The monoisotopic (exact) mass is 323 g/mol. The number of aromatic nitrogens is 2. The van der Waals surface area contributed by atoms with Crippen LogP contribution in [0.3, 0.4) is 0 Å². The number of nitrogens with one attached hydrogen (secondary N) is 2. The Bertz CT molecular complexity index is 789. The van der Waals surface area contributed by atoms with Crippen LogP contribution >= 0.6 is 0 Å². The molecule has 3 rings (SSSR count). The molecule has 124 valence electrons. The first-order valence-electron chi connectivity index (χ1n) is 8.05. The zero-order valence-electron chi connectivity index (χ0n) is 13.9. The van der Waals surface area contributed by atoms with E-state index in [4.69, 9.17) is 4.74 Å². The van der Waals surface area contributed by atoms with Crippen LogP contribution in [0.5, 0.6) is 5.75 Å². The Morgan fingerprint density at radius 1 is 1.17 bits per heavy atom. The van der Waals surface area contributed by atoms with Crippen LogP contribution in [0.15, 0.2) is 48.5 Å². The molecular weight excluding hydrogens is 302 g/mol. The van der Waals surface area contributed by atoms with Gasteiger partial charge in [-0.1, -0.05) is 38.1 Å². The molecule has 0 unspecified atom stereocenters. The van der Waals surface area contributed by atoms with Gasteiger partial charge < -0.3 is 15.0 Å². The van der Waals surface area contributed by atoms with Crippen molar-refractivity contribution in [2.45, 2.75) is 26.3 Å². The summed E-state index contributed by atoms with van der Waals surface area (Å²) in [7, 11) is 0. The number of hydrogen-bond donors (Lipinski definition) is 2. The van der Waals surface area contributed by atoms with Crippen molar-refractivity contribution in [3.05, 3.63) is 59.9 Å². The smallest absolute Gasteiger partial charge is 0.258 e. The van der Waals surface area contributed by atoms with E-state index in [0.717, 1.165) is 16.9 Å². The van der Waals surface area contributed by atoms with E-state index in [-0.39, 0.29) is 12.5 Å². The normalized spacial score (nSPS) is 11.0. The molecule has 3 aromatic rings. The van der Waals surface area contributed by atoms with Crippen molar-refractivity contribution in [3.8, 4) is 5.75 Å². The van der Waals surface area contributed by atoms with E-state index < -0.39 is 0 Å². The molecule has 0 aliphatic rings. The molecule has 5 nitrogen and oxygen atoms in total. The lowest BCUT2D eigenvalue weighted by atomic mass is 10.0. The van der Waals surface area contributed by atoms with E-state index in [1.54, 1.807) is 0 Å². The predicted molar refractivity (Wildman–Crippen MR) is 94.0 cm³/mol. The Morgan fingerprint density at radius 3 is 2.62 bits per heavy atom. The first kappa shape index (κ1) is 16.1. The number of imidazole rings is 1. The molecule has 5 heteroatoms. The average molecular weight is 323 g/mol. The van der Waals surface area contributed by atoms with Gasteiger partial charge in [-0.05, 0) is 35.7 Å². The van der Waals surface area contributed by atoms with Crippen LogP contribution in [0.4, 0.5) is 0 Å². The van der Waals surface area contributed by atoms with Crippen LogP contribution in [0.2, 0.25) is 0 Å². The molecule has 1 heterocycles. The molecule has 0 aliphatic heterocycles. The number of para-hydroxylation sites is 2. The van der Waals surface area contributed by atoms with Crippen LogP contribution in [0.25, 0.3) is 11.0 Å². The Balaban J connectivity index is 1.48. The maximum absolute atomic E-state index is 11.9. The second-order valence-electron chi connectivity index (χ2n) is 5.99. The maximum Gasteiger partial charge on any atom is 0.258 e. The van der Waals surface area contributed by atoms with E-state index in [2.05, 4.69) is 29.1 Å². The third-order valence-corrected chi connectivity index (χ3v) is 3.81. The zero-order chi connectivity index (χ0) is 16.9. The third kappa shape index (κ3) is 3.93. The summed E-state index contributed by atoms with van der Waals surface area (Å²) >= 11 is 0. The average Bonchev–Trinajstić information content (AvgIpc) is 3.01. The van der Waals surface area contributed by atoms with Gasteiger partial charge in [0.05, 0.1) is 17.6 Å². The number of hydrogen-bond acceptors (Lipinski definition) is 3. The minimum absolute atomic E-state index is 0.0126. The van der Waals surface area contributed by atoms with Gasteiger partial charge >= 0.3 is 0 Å². The molecule has 0 bridgehead atoms. The molecule has 0 spiro atoms. The topological polar surface area (TPSA) is 67.0 Å². The molecule has 0 radical (unpaired) electrons. The van der Waals surface area contributed by atoms with Gasteiger partial charge in [0, 0.05) is 0 Å². The van der Waals surface area contributed by atoms with Gasteiger partial charge in [-0.2, -0.15) is 0 Å². The Hall–Kier alpha value is -2.82. The summed E-state index contributed by atoms with van der Waals surface area (Å²) in [6.07, 6.45) is 0. The summed E-state index contributed by atoms with van der Waals surface area (Å²) in [5.41, 5.74) is 3.10. The van der Waals surface area contributed by atoms with Crippen LogP contribution in [0.1, 0.15) is 31.2 Å². The van der Waals surface area contributed by atoms with Gasteiger partial charge in [0.25, 0.3) is 5.91 Å². The Labute approximate surface area is 141 Å². The Morgan fingerprint density at radius 2 is 1.92 bits per heavy atom. The highest BCUT2D eigenvalue weighted by Gasteiger charge is 2.06. The molecule has 0 aliphatic carbocycles. The number of rotatable bonds is 6. The standard InChI is InChI=1S/C19H21N3O2/c1-13(2)14-7-9-15(10-8-14)24-12-19(23)20-11-18-21-16-5-3-4-6-17(16)22-18/h3-10,13H,11-12H2,1-2H3,(H,20,23)(H,21,22). The fourth-order valence-electron chi connectivity index (χ4n) is 2.42. The van der Waals surface area contributed by atoms with Gasteiger partial charge in [0.2, 0.25) is 0 Å². The highest BCUT2D eigenvalue weighted by atomic mass is 16.5. The number of fused-ring (bicyclic) bond motifs is 1. The number of amides is 1. The first-order chi connectivity index (χ1) is 11.6. The zero-order valence-corrected chi connectivity index (χ0v) is 13.9. The molecule has 1 aromatic heterocycles. The van der Waals surface area contributed by atoms with Crippen molar-refractivity contribution < 1.29 is 9.53 Å². The van der Waals surface area contributed by atoms with Crippen molar-refractivity contribution in [1.82, 2.24) is 15.3 Å². The Kier molecular flexibility index (Phi) is 4.79. The highest BCUT2D eigenvalue weighted by Crippen LogP contribution is 2.18. The molecule has 0 saturated heterocycles. The third-order valence-electron chi connectivity index (χ3n) is 3.81. The lowest BCUT2D eigenvalue weighted by molar-refractivity contribution is -0.123. The van der Waals surface area contributed by atoms with E-state index in [1.807, 2.05) is 48.5 Å². The number of aromatic amines is 1. The van der Waals surface area contributed by atoms with E-state index in [9.17, 15) is 4.79 Å². The molecule has 2 N–H and O–H groups in total. The van der Waals surface area contributed by atoms with Gasteiger partial charge in [-0.15, -0.1) is 0 Å². The maximum atomic E-state index is 11.9. The molecule has 1 amide bonds. The summed E-state index contributed by atoms with van der Waals surface area (Å²) in [6, 6.07) is 15.6. The number of carbonyl (C=O) groups excluding carboxylic acids is 1. The van der Waals surface area contributed by atoms with Crippen LogP contribution in [0, 0.1) is 0 Å². The number of ether oxygens (including phenoxy) is 1. The van der Waals surface area contributed by atoms with Crippen molar-refractivity contribution in [2.75, 3.05) is 6.61 Å². The summed E-state index contributed by atoms with van der Waals surface area (Å²) < 4.78 is 5.51. The molecule has 0 atom stereocenters. The number of benzene rings is 2. The number of carbonyl (C=O) groups is 1. The second-order valence-corrected chi connectivity index (χ2v) is 5.99. The van der Waals surface area contributed by atoms with Crippen molar-refractivity contribution in [3.63, 3.8) is 0 Å². The summed E-state index contributed by atoms with van der Waals surface area (Å²) in [4.78, 5) is 19.5. The van der Waals surface area contributed by atoms with Gasteiger partial charge in [0.15, 0.2) is 6.61 Å². The number of H-pyrrole nitrogens is 1. The molecule has 24 heavy (non-hydrogen) atoms. The van der Waals surface area contributed by atoms with E-state index in [1.165, 1.54) is 5.56 Å². The van der Waals surface area contributed by atoms with Crippen LogP contribution < -0.4 is 10.1 Å². The molecule has 0 fully saturated rings. The molecule has 0 saturated carbocycles. The quantitative estimate of drug-likeness (QED) is 0.731. The van der Waals surface area contributed by atoms with E-state index in [0.29, 0.717) is 18.2 Å². The second kappa shape index (κ2) is 7.17. The van der Waals surface area contributed by atoms with Crippen molar-refractivity contribution >= 4 is 16.9 Å². The lowest BCUT2D eigenvalue weighted by Crippen LogP contribution is -2.28. The van der Waals surface area contributed by atoms with Crippen molar-refractivity contribution in [1.29, 1.82) is 0 Å². The predicted octanol–water partition coefficient (Wildman–Crippen LogP) is 3.38. The minimum atomic E-state index is -0.177. The van der Waals surface area contributed by atoms with Crippen LogP contribution in [-0.4, -0.2) is 22.5 Å². The van der Waals surface area contributed by atoms with E-state index >= 15 is 0 Å². The van der Waals surface area contributed by atoms with Gasteiger partial charge in [0.1, 0.15) is 11.6 Å². The first-order valence-corrected chi connectivity index (χ1v) is 8.05. The number of nitrogens with zero attached hydrogens (tertiary/aromatic N) is 1. The summed E-state index contributed by atoms with van der Waals surface area (Å²) in [6.45, 7) is 4.62. The lowest BCUT2D eigenvalue weighted by Gasteiger charge is -2.09. The fraction of sp³-hybridized carbons (Fsp3) is 0.263. The van der Waals surface area contributed by atoms with Crippen LogP contribution in [-0.2, 0) is 11.3 Å². The fourth-order valence-corrected chi connectivity index (χ4v) is 2.42. The highest BCUT2D eigenvalue weighted by molar-refractivity contribution is 5.78. The summed E-state index contributed by atoms with van der Waals surface area (Å²) in [5.74, 6) is 1.72. The SMILES string of the molecule is CC(C)c1ccc(OCC(=O)NCc2nc3ccccc3[nH]2)cc1. The largest absolute Gasteiger partial charge is 0.484 e. The minimum Gasteiger partial charge on any atom is -0.484 e. The van der Waals surface area contributed by atoms with Crippen molar-refractivity contribution in [2.24, 2.45) is 0 Å². The molecule has 2 aromatic carbocycles. The molecular formula is C19H21N3O2. The summed E-state index contributed by atoms with van der Waals surface area (Å²) in [5, 5.41) is 2.80.